The van der Waals surface area contributed by atoms with Gasteiger partial charge in [0.25, 0.3) is 5.91 Å². The van der Waals surface area contributed by atoms with Crippen LogP contribution >= 0.6 is 38.4 Å². The number of benzene rings is 5. The Hall–Kier alpha value is -9.43. The fourth-order valence-corrected chi connectivity index (χ4v) is 15.9. The summed E-state index contributed by atoms with van der Waals surface area (Å²) in [5.74, 6) is -19.4. The molecule has 7 aliphatic heterocycles. The van der Waals surface area contributed by atoms with Gasteiger partial charge in [0.05, 0.1) is 41.3 Å². The van der Waals surface area contributed by atoms with Crippen LogP contribution in [0.1, 0.15) is 105 Å². The number of hydrogen-bond acceptors (Lipinski definition) is 29. The molecule has 0 aliphatic carbocycles. The Labute approximate surface area is 655 Å². The molecule has 2 fully saturated rings. The maximum absolute atomic E-state index is 16.2. The molecular weight excluding hydrogens is 1600 g/mol. The summed E-state index contributed by atoms with van der Waals surface area (Å²) in [6.45, 7) is 3.82. The predicted octanol–water partition coefficient (Wildman–Crippen LogP) is -1.68. The molecule has 25 N–H and O–H groups in total. The molecule has 0 unspecified atom stereocenters. The number of aliphatic hydroxyl groups is 6. The van der Waals surface area contributed by atoms with E-state index in [-0.39, 0.29) is 24.3 Å². The smallest absolute Gasteiger partial charge is 0.360 e. The van der Waals surface area contributed by atoms with Crippen LogP contribution in [0.5, 0.6) is 46.0 Å². The van der Waals surface area contributed by atoms with E-state index in [4.69, 9.17) is 67.8 Å². The highest BCUT2D eigenvalue weighted by Gasteiger charge is 2.52. The molecule has 0 saturated carbocycles. The van der Waals surface area contributed by atoms with E-state index in [1.807, 2.05) is 0 Å². The highest BCUT2D eigenvalue weighted by atomic mass is 35.5. The lowest BCUT2D eigenvalue weighted by atomic mass is 9.86. The molecule has 114 heavy (non-hydrogen) atoms. The number of phenols is 3. The Bertz CT molecular complexity index is 4670. The number of halogens is 2. The first-order chi connectivity index (χ1) is 53.4. The zero-order chi connectivity index (χ0) is 83.8. The number of carbonyl (C=O) groups excluding carboxylic acids is 9. The van der Waals surface area contributed by atoms with Crippen molar-refractivity contribution in [2.45, 2.75) is 162 Å². The summed E-state index contributed by atoms with van der Waals surface area (Å²) >= 11 is 14.2. The van der Waals surface area contributed by atoms with Crippen LogP contribution in [0.4, 0.5) is 0 Å². The normalized spacial score (nSPS) is 27.7. The predicted molar refractivity (Wildman–Crippen MR) is 389 cm³/mol. The third kappa shape index (κ3) is 19.4. The molecule has 5 aromatic carbocycles. The molecular formula is C69H82Cl2N10O31P2. The molecule has 7 aliphatic rings. The van der Waals surface area contributed by atoms with Gasteiger partial charge in [-0.3, -0.25) is 47.5 Å². The number of aliphatic hydroxyl groups excluding tert-OH is 6. The molecule has 12 rings (SSSR count). The van der Waals surface area contributed by atoms with Crippen LogP contribution in [0.15, 0.2) is 78.9 Å². The van der Waals surface area contributed by atoms with E-state index in [1.165, 1.54) is 32.3 Å². The Morgan fingerprint density at radius 3 is 1.86 bits per heavy atom. The first-order valence-electron chi connectivity index (χ1n) is 34.7. The summed E-state index contributed by atoms with van der Waals surface area (Å²) in [5, 5.41) is 122. The van der Waals surface area contributed by atoms with Gasteiger partial charge in [-0.15, -0.1) is 0 Å². The summed E-state index contributed by atoms with van der Waals surface area (Å²) in [7, 11) is -10.3. The largest absolute Gasteiger partial charge is 0.508 e. The minimum Gasteiger partial charge on any atom is -0.508 e. The molecule has 0 spiro atoms. The second kappa shape index (κ2) is 34.9. The van der Waals surface area contributed by atoms with Crippen LogP contribution in [0, 0.1) is 5.92 Å². The Balaban J connectivity index is 1.21. The number of carbonyl (C=O) groups is 9. The molecule has 11 bridgehead atoms. The van der Waals surface area contributed by atoms with Gasteiger partial charge in [-0.25, -0.2) is 4.79 Å². The van der Waals surface area contributed by atoms with E-state index in [0.717, 1.165) is 60.7 Å². The quantitative estimate of drug-likeness (QED) is 0.0344. The van der Waals surface area contributed by atoms with Gasteiger partial charge in [0.2, 0.25) is 58.9 Å². The molecule has 8 amide bonds. The Morgan fingerprint density at radius 1 is 0.702 bits per heavy atom. The minimum atomic E-state index is -5.88. The zero-order valence-electron chi connectivity index (χ0n) is 60.5. The maximum Gasteiger partial charge on any atom is 0.360 e. The minimum absolute atomic E-state index is 0.138. The van der Waals surface area contributed by atoms with Gasteiger partial charge >= 0.3 is 21.2 Å². The highest BCUT2D eigenvalue weighted by molar-refractivity contribution is 7.70. The molecule has 0 radical (unpaired) electrons. The van der Waals surface area contributed by atoms with Crippen molar-refractivity contribution in [3.05, 3.63) is 117 Å². The number of aromatic hydroxyl groups is 3. The van der Waals surface area contributed by atoms with Crippen molar-refractivity contribution in [3.63, 3.8) is 0 Å². The van der Waals surface area contributed by atoms with Crippen molar-refractivity contribution in [1.29, 1.82) is 0 Å². The maximum atomic E-state index is 16.2. The number of likely N-dealkylation sites (N-methyl/N-ethyl adjacent to an activating group) is 1. The topological polar surface area (TPSA) is 664 Å². The number of hydrogen-bond donors (Lipinski definition) is 23. The fraction of sp³-hybridized carbons (Fsp3) is 0.435. The van der Waals surface area contributed by atoms with Gasteiger partial charge in [0, 0.05) is 34.7 Å². The Kier molecular flexibility index (Phi) is 26.7. The molecule has 2 saturated heterocycles. The van der Waals surface area contributed by atoms with Crippen LogP contribution in [0.3, 0.4) is 0 Å². The number of rotatable bonds is 18. The third-order valence-electron chi connectivity index (χ3n) is 19.0. The van der Waals surface area contributed by atoms with E-state index in [0.29, 0.717) is 12.1 Å². The van der Waals surface area contributed by atoms with Gasteiger partial charge in [0.15, 0.2) is 36.5 Å². The first-order valence-corrected chi connectivity index (χ1v) is 38.8. The van der Waals surface area contributed by atoms with E-state index in [2.05, 4.69) is 37.2 Å². The molecule has 7 heterocycles. The second-order valence-electron chi connectivity index (χ2n) is 28.1. The SMILES string of the molecule is CN[C@H](CC(C)C)C(=O)N[C@H]1C(=O)N[C@@H](CC(N)=O)C(=O)N[C@H]2C(=O)N[C@H]3C(=O)N[C@H](C(=O)N[C@H](C(=O)OCC(=O)NC(P(=O)(O)O)P(=O)(O)O)c4cc(O)cc(O)c4-c4cc3ccc4O)[C@H](O)c3ccc(c(Cl)c3)Oc3cc2cc(c3O[C@@H]2O[C@H](CO)[C@@H](O)[C@H](O)[C@H]2O[C@H]2C[C@](C)(N)[C@H](O)[C@H](C)O2)Oc2ccc(cc2Cl)[C@H]1O. The van der Waals surface area contributed by atoms with Crippen LogP contribution in [-0.4, -0.2) is 223 Å². The van der Waals surface area contributed by atoms with Crippen molar-refractivity contribution < 1.29 is 151 Å². The number of phenolic OH excluding ortho intramolecular Hbond substituents is 3. The van der Waals surface area contributed by atoms with Crippen LogP contribution < -0.4 is 68.2 Å². The summed E-state index contributed by atoms with van der Waals surface area (Å²) in [6, 6.07) is -2.76. The van der Waals surface area contributed by atoms with Gasteiger partial charge in [-0.2, -0.15) is 0 Å². The Morgan fingerprint density at radius 2 is 1.29 bits per heavy atom. The van der Waals surface area contributed by atoms with Gasteiger partial charge in [-0.05, 0) is 110 Å². The lowest BCUT2D eigenvalue weighted by Crippen LogP contribution is -2.64. The van der Waals surface area contributed by atoms with Gasteiger partial charge in [-0.1, -0.05) is 55.2 Å². The number of amides is 8. The van der Waals surface area contributed by atoms with E-state index >= 15 is 19.2 Å². The van der Waals surface area contributed by atoms with Crippen molar-refractivity contribution in [2.75, 3.05) is 20.3 Å². The van der Waals surface area contributed by atoms with Crippen molar-refractivity contribution in [3.8, 4) is 57.1 Å². The molecule has 45 heteroatoms. The highest BCUT2D eigenvalue weighted by Crippen LogP contribution is 2.58. The lowest BCUT2D eigenvalue weighted by Gasteiger charge is -2.47. The summed E-state index contributed by atoms with van der Waals surface area (Å²) < 4.78 is 67.6. The first kappa shape index (κ1) is 87.0. The number of ether oxygens (including phenoxy) is 7. The van der Waals surface area contributed by atoms with Crippen LogP contribution in [0.25, 0.3) is 11.1 Å². The number of fused-ring (bicyclic) bond motifs is 15. The monoisotopic (exact) mass is 1680 g/mol. The molecule has 41 nitrogen and oxygen atoms in total. The number of esters is 1. The van der Waals surface area contributed by atoms with E-state index in [9.17, 15) is 98.6 Å². The lowest BCUT2D eigenvalue weighted by molar-refractivity contribution is -0.333. The molecule has 18 atom stereocenters. The van der Waals surface area contributed by atoms with Crippen molar-refractivity contribution in [1.82, 2.24) is 42.5 Å². The van der Waals surface area contributed by atoms with Gasteiger partial charge < -0.3 is 153 Å². The molecule has 0 aromatic heterocycles. The van der Waals surface area contributed by atoms with Gasteiger partial charge in [0.1, 0.15) is 89.5 Å². The summed E-state index contributed by atoms with van der Waals surface area (Å²) in [6.07, 6.45) is -19.4. The zero-order valence-corrected chi connectivity index (χ0v) is 63.8. The summed E-state index contributed by atoms with van der Waals surface area (Å²) in [5.41, 5.74) is 3.78. The molecule has 5 aromatic rings. The number of nitrogens with two attached hydrogens (primary N) is 2. The van der Waals surface area contributed by atoms with Crippen molar-refractivity contribution in [2.24, 2.45) is 17.4 Å². The average Bonchev–Trinajstić information content (AvgIpc) is 0.766. The fourth-order valence-electron chi connectivity index (χ4n) is 13.3. The van der Waals surface area contributed by atoms with Crippen LogP contribution in [0.2, 0.25) is 10.0 Å². The van der Waals surface area contributed by atoms with E-state index in [1.54, 1.807) is 13.8 Å². The van der Waals surface area contributed by atoms with Crippen molar-refractivity contribution >= 4 is 91.6 Å². The number of primary amides is 1. The summed E-state index contributed by atoms with van der Waals surface area (Å²) in [4.78, 5) is 171. The number of nitrogens with one attached hydrogen (secondary N) is 8. The third-order valence-corrected chi connectivity index (χ3v) is 23.0. The van der Waals surface area contributed by atoms with E-state index < -0.39 is 292 Å². The van der Waals surface area contributed by atoms with Crippen LogP contribution in [-0.2, 0) is 71.2 Å². The standard InChI is InChI=1S/C69H82Cl2N10O31P2/c1-24(2)12-35(74-5)60(93)80-51-53(88)27-7-10-39(33(70)14-27)108-41-16-29-17-42(57(41)112-67-58(56(91)55(90)43(22-82)110-67)111-46-21-69(4,73)59(92)25(3)107-46)109-40-11-8-28(15-34(40)71)54(89)52-65(98)79-50(66(99)106-23-45(87)76-68(113(100,101)102)114(103,104)105)32-18-30(83)19-38(85)47(32)31-13-26(6-9-37(31)84)48(62(95)81-52)78-63(96)49(29)77-61(94)36(20-44(72)86)75-64(51)97/h6-11,13-19,24-25,35-36,43,46,48-56,58-59,67-68,74,82-85,88-92H,12,20-23,73H2,1-5H3,(H2,72,86)(H,75,97)(H,76,87)(H,77,94)(H,78,96)(H,79,98)(H,80,93)(H,81,95)(H2,100,101,102)(H2,103,104,105)/t25-,35+,36-,43+,46-,48+,49+,50-,51+,52-,53+,54+,55+,56-,58+,59+,67-,69-/m0/s1. The molecule has 618 valence electrons. The average molecular weight is 1680 g/mol. The second-order valence-corrected chi connectivity index (χ2v) is 32.7.